The van der Waals surface area contributed by atoms with Gasteiger partial charge in [-0.3, -0.25) is 0 Å². The molecule has 1 aliphatic rings. The zero-order valence-electron chi connectivity index (χ0n) is 12.6. The molecule has 0 unspecified atom stereocenters. The standard InChI is InChI=1S/C15H23FN2O2S/c1-11-8-13(9-12(10-17)14(11)16)21(19,20)18-15(2)6-4-3-5-7-15/h8-9,18H,3-7,10,17H2,1-2H3. The predicted octanol–water partition coefficient (Wildman–Crippen LogP) is 2.59. The summed E-state index contributed by atoms with van der Waals surface area (Å²) in [6, 6.07) is 2.69. The van der Waals surface area contributed by atoms with Crippen LogP contribution in [0.25, 0.3) is 0 Å². The van der Waals surface area contributed by atoms with Gasteiger partial charge in [-0.05, 0) is 44.4 Å². The summed E-state index contributed by atoms with van der Waals surface area (Å²) in [6.45, 7) is 3.47. The zero-order chi connectivity index (χ0) is 15.7. The first-order valence-electron chi connectivity index (χ1n) is 7.30. The molecule has 0 heterocycles. The molecule has 1 aliphatic carbocycles. The molecule has 1 aromatic carbocycles. The highest BCUT2D eigenvalue weighted by molar-refractivity contribution is 7.89. The predicted molar refractivity (Wildman–Crippen MR) is 80.8 cm³/mol. The number of nitrogens with one attached hydrogen (secondary N) is 1. The summed E-state index contributed by atoms with van der Waals surface area (Å²) < 4.78 is 41.7. The van der Waals surface area contributed by atoms with Gasteiger partial charge in [0.25, 0.3) is 0 Å². The van der Waals surface area contributed by atoms with Crippen molar-refractivity contribution in [2.75, 3.05) is 0 Å². The molecule has 6 heteroatoms. The summed E-state index contributed by atoms with van der Waals surface area (Å²) in [5.74, 6) is -0.430. The molecule has 0 saturated heterocycles. The fraction of sp³-hybridized carbons (Fsp3) is 0.600. The lowest BCUT2D eigenvalue weighted by molar-refractivity contribution is 0.294. The first-order valence-corrected chi connectivity index (χ1v) is 8.79. The van der Waals surface area contributed by atoms with E-state index in [0.717, 1.165) is 32.1 Å². The van der Waals surface area contributed by atoms with E-state index in [1.165, 1.54) is 12.1 Å². The van der Waals surface area contributed by atoms with Crippen molar-refractivity contribution in [3.63, 3.8) is 0 Å². The third kappa shape index (κ3) is 3.62. The Morgan fingerprint density at radius 3 is 2.48 bits per heavy atom. The van der Waals surface area contributed by atoms with Crippen molar-refractivity contribution in [1.82, 2.24) is 4.72 Å². The van der Waals surface area contributed by atoms with Crippen LogP contribution in [-0.2, 0) is 16.6 Å². The molecule has 1 fully saturated rings. The molecule has 0 atom stereocenters. The molecule has 21 heavy (non-hydrogen) atoms. The molecule has 2 rings (SSSR count). The second-order valence-corrected chi connectivity index (χ2v) is 7.83. The van der Waals surface area contributed by atoms with E-state index in [1.54, 1.807) is 6.92 Å². The molecule has 0 radical (unpaired) electrons. The van der Waals surface area contributed by atoms with Crippen LogP contribution in [0.15, 0.2) is 17.0 Å². The summed E-state index contributed by atoms with van der Waals surface area (Å²) in [5, 5.41) is 0. The number of nitrogens with two attached hydrogens (primary N) is 1. The lowest BCUT2D eigenvalue weighted by Crippen LogP contribution is -2.47. The maximum Gasteiger partial charge on any atom is 0.241 e. The Bertz CT molecular complexity index is 623. The Balaban J connectivity index is 2.33. The Morgan fingerprint density at radius 2 is 1.90 bits per heavy atom. The summed E-state index contributed by atoms with van der Waals surface area (Å²) in [6.07, 6.45) is 4.85. The molecular formula is C15H23FN2O2S. The van der Waals surface area contributed by atoms with Crippen LogP contribution in [0.5, 0.6) is 0 Å². The Labute approximate surface area is 126 Å². The van der Waals surface area contributed by atoms with Crippen LogP contribution in [0, 0.1) is 12.7 Å². The summed E-state index contributed by atoms with van der Waals surface area (Å²) in [5.41, 5.74) is 5.60. The zero-order valence-corrected chi connectivity index (χ0v) is 13.4. The van der Waals surface area contributed by atoms with Gasteiger partial charge < -0.3 is 5.73 Å². The highest BCUT2D eigenvalue weighted by atomic mass is 32.2. The van der Waals surface area contributed by atoms with E-state index < -0.39 is 21.4 Å². The van der Waals surface area contributed by atoms with Gasteiger partial charge in [0.2, 0.25) is 10.0 Å². The largest absolute Gasteiger partial charge is 0.326 e. The van der Waals surface area contributed by atoms with E-state index in [9.17, 15) is 12.8 Å². The first kappa shape index (κ1) is 16.4. The van der Waals surface area contributed by atoms with Crippen molar-refractivity contribution in [3.8, 4) is 0 Å². The van der Waals surface area contributed by atoms with Gasteiger partial charge in [-0.25, -0.2) is 17.5 Å². The molecule has 1 saturated carbocycles. The van der Waals surface area contributed by atoms with Crippen molar-refractivity contribution in [2.24, 2.45) is 5.73 Å². The molecule has 1 aromatic rings. The maximum absolute atomic E-state index is 13.8. The summed E-state index contributed by atoms with van der Waals surface area (Å²) in [4.78, 5) is 0.0913. The SMILES string of the molecule is Cc1cc(S(=O)(=O)NC2(C)CCCCC2)cc(CN)c1F. The van der Waals surface area contributed by atoms with Gasteiger partial charge in [-0.1, -0.05) is 19.3 Å². The van der Waals surface area contributed by atoms with Crippen molar-refractivity contribution in [1.29, 1.82) is 0 Å². The molecular weight excluding hydrogens is 291 g/mol. The number of benzene rings is 1. The molecule has 3 N–H and O–H groups in total. The van der Waals surface area contributed by atoms with Crippen LogP contribution < -0.4 is 10.5 Å². The minimum Gasteiger partial charge on any atom is -0.326 e. The fourth-order valence-corrected chi connectivity index (χ4v) is 4.53. The first-order chi connectivity index (χ1) is 9.77. The quantitative estimate of drug-likeness (QED) is 0.897. The second kappa shape index (κ2) is 6.02. The number of halogens is 1. The summed E-state index contributed by atoms with van der Waals surface area (Å²) >= 11 is 0. The van der Waals surface area contributed by atoms with Crippen molar-refractivity contribution < 1.29 is 12.8 Å². The van der Waals surface area contributed by atoms with Crippen LogP contribution in [-0.4, -0.2) is 14.0 Å². The second-order valence-electron chi connectivity index (χ2n) is 6.14. The average molecular weight is 314 g/mol. The molecule has 0 amide bonds. The minimum atomic E-state index is -3.66. The van der Waals surface area contributed by atoms with Crippen LogP contribution in [0.2, 0.25) is 0 Å². The Kier molecular flexibility index (Phi) is 4.70. The molecule has 0 bridgehead atoms. The van der Waals surface area contributed by atoms with E-state index in [1.807, 2.05) is 6.92 Å². The normalized spacial score (nSPS) is 18.7. The topological polar surface area (TPSA) is 72.2 Å². The highest BCUT2D eigenvalue weighted by Crippen LogP contribution is 2.30. The monoisotopic (exact) mass is 314 g/mol. The van der Waals surface area contributed by atoms with E-state index in [-0.39, 0.29) is 17.0 Å². The third-order valence-corrected chi connectivity index (χ3v) is 5.79. The lowest BCUT2D eigenvalue weighted by Gasteiger charge is -2.34. The highest BCUT2D eigenvalue weighted by Gasteiger charge is 2.32. The van der Waals surface area contributed by atoms with E-state index in [4.69, 9.17) is 5.73 Å². The van der Waals surface area contributed by atoms with Crippen LogP contribution in [0.1, 0.15) is 50.2 Å². The molecule has 0 spiro atoms. The van der Waals surface area contributed by atoms with Gasteiger partial charge in [-0.2, -0.15) is 0 Å². The number of hydrogen-bond donors (Lipinski definition) is 2. The number of sulfonamides is 1. The number of aryl methyl sites for hydroxylation is 1. The smallest absolute Gasteiger partial charge is 0.241 e. The molecule has 118 valence electrons. The Hall–Kier alpha value is -0.980. The molecule has 0 aliphatic heterocycles. The van der Waals surface area contributed by atoms with Gasteiger partial charge in [0.05, 0.1) is 4.90 Å². The molecule has 4 nitrogen and oxygen atoms in total. The minimum absolute atomic E-state index is 0.0205. The van der Waals surface area contributed by atoms with Crippen molar-refractivity contribution in [2.45, 2.75) is 62.9 Å². The molecule has 0 aromatic heterocycles. The van der Waals surface area contributed by atoms with Gasteiger partial charge in [0.15, 0.2) is 0 Å². The van der Waals surface area contributed by atoms with Gasteiger partial charge in [0.1, 0.15) is 5.82 Å². The number of rotatable bonds is 4. The third-order valence-electron chi connectivity index (χ3n) is 4.17. The number of hydrogen-bond acceptors (Lipinski definition) is 3. The van der Waals surface area contributed by atoms with Crippen LogP contribution in [0.4, 0.5) is 4.39 Å². The maximum atomic E-state index is 13.8. The summed E-state index contributed by atoms with van der Waals surface area (Å²) in [7, 11) is -3.66. The lowest BCUT2D eigenvalue weighted by atomic mass is 9.84. The van der Waals surface area contributed by atoms with Crippen molar-refractivity contribution >= 4 is 10.0 Å². The fourth-order valence-electron chi connectivity index (χ4n) is 2.93. The average Bonchev–Trinajstić information content (AvgIpc) is 2.41. The van der Waals surface area contributed by atoms with Crippen LogP contribution in [0.3, 0.4) is 0 Å². The van der Waals surface area contributed by atoms with E-state index in [0.29, 0.717) is 5.56 Å². The van der Waals surface area contributed by atoms with Gasteiger partial charge in [-0.15, -0.1) is 0 Å². The van der Waals surface area contributed by atoms with Gasteiger partial charge >= 0.3 is 0 Å². The Morgan fingerprint density at radius 1 is 1.29 bits per heavy atom. The van der Waals surface area contributed by atoms with E-state index >= 15 is 0 Å². The van der Waals surface area contributed by atoms with Crippen molar-refractivity contribution in [3.05, 3.63) is 29.1 Å². The van der Waals surface area contributed by atoms with E-state index in [2.05, 4.69) is 4.72 Å². The van der Waals surface area contributed by atoms with Crippen LogP contribution >= 0.6 is 0 Å². The van der Waals surface area contributed by atoms with Gasteiger partial charge in [0, 0.05) is 17.6 Å².